The van der Waals surface area contributed by atoms with Gasteiger partial charge in [-0.2, -0.15) is 17.6 Å². The maximum absolute atomic E-state index is 15.6. The molecular formula is C27H30F5N7O3S. The third-order valence-electron chi connectivity index (χ3n) is 7.44. The van der Waals surface area contributed by atoms with Crippen molar-refractivity contribution < 1.29 is 36.6 Å². The number of methoxy groups -OCH3 is 1. The number of carboxylic acid groups (broad SMARTS) is 1. The largest absolute Gasteiger partial charge is 0.481 e. The van der Waals surface area contributed by atoms with Crippen LogP contribution in [-0.4, -0.2) is 94.9 Å². The Morgan fingerprint density at radius 3 is 2.56 bits per heavy atom. The molecule has 0 radical (unpaired) electrons. The first kappa shape index (κ1) is 31.0. The molecule has 4 heterocycles. The van der Waals surface area contributed by atoms with Crippen LogP contribution in [0.25, 0.3) is 11.3 Å². The predicted molar refractivity (Wildman–Crippen MR) is 149 cm³/mol. The topological polar surface area (TPSA) is 107 Å². The van der Waals surface area contributed by atoms with E-state index in [1.165, 1.54) is 6.33 Å². The molecular weight excluding hydrogens is 597 g/mol. The first-order chi connectivity index (χ1) is 20.5. The molecule has 0 saturated carbocycles. The second-order valence-electron chi connectivity index (χ2n) is 10.4. The van der Waals surface area contributed by atoms with Gasteiger partial charge in [-0.05, 0) is 24.6 Å². The summed E-state index contributed by atoms with van der Waals surface area (Å²) in [6.45, 7) is 3.96. The quantitative estimate of drug-likeness (QED) is 0.313. The highest BCUT2D eigenvalue weighted by Crippen LogP contribution is 2.38. The van der Waals surface area contributed by atoms with Crippen molar-refractivity contribution in [3.8, 4) is 11.3 Å². The number of carbonyl (C=O) groups is 1. The van der Waals surface area contributed by atoms with E-state index in [0.29, 0.717) is 63.3 Å². The van der Waals surface area contributed by atoms with Crippen LogP contribution in [0, 0.1) is 11.6 Å². The second-order valence-corrected chi connectivity index (χ2v) is 11.4. The zero-order chi connectivity index (χ0) is 30.7. The molecule has 0 spiro atoms. The van der Waals surface area contributed by atoms with Gasteiger partial charge in [-0.25, -0.2) is 19.3 Å². The third-order valence-corrected chi connectivity index (χ3v) is 8.39. The monoisotopic (exact) mass is 627 g/mol. The number of hydrogen-bond acceptors (Lipinski definition) is 10. The Bertz CT molecular complexity index is 1450. The van der Waals surface area contributed by atoms with Gasteiger partial charge in [-0.3, -0.25) is 14.6 Å². The van der Waals surface area contributed by atoms with Crippen LogP contribution >= 0.6 is 11.3 Å². The van der Waals surface area contributed by atoms with Crippen LogP contribution < -0.4 is 10.2 Å². The average Bonchev–Trinajstić information content (AvgIpc) is 3.59. The molecule has 2 aromatic heterocycles. The lowest BCUT2D eigenvalue weighted by atomic mass is 10.1. The number of rotatable bonds is 10. The second kappa shape index (κ2) is 13.0. The molecule has 5 rings (SSSR count). The summed E-state index contributed by atoms with van der Waals surface area (Å²) < 4.78 is 75.9. The van der Waals surface area contributed by atoms with E-state index in [9.17, 15) is 22.4 Å². The zero-order valence-electron chi connectivity index (χ0n) is 23.2. The molecule has 2 aliphatic heterocycles. The van der Waals surface area contributed by atoms with Gasteiger partial charge < -0.3 is 20.1 Å². The Morgan fingerprint density at radius 1 is 1.12 bits per heavy atom. The molecule has 10 nitrogen and oxygen atoms in total. The molecule has 3 aromatic rings. The number of aromatic nitrogens is 3. The number of carboxylic acids is 1. The molecule has 1 aromatic carbocycles. The van der Waals surface area contributed by atoms with Crippen LogP contribution in [0.2, 0.25) is 0 Å². The van der Waals surface area contributed by atoms with E-state index < -0.39 is 29.3 Å². The van der Waals surface area contributed by atoms with E-state index in [4.69, 9.17) is 9.84 Å². The lowest BCUT2D eigenvalue weighted by Gasteiger charge is -2.35. The normalized spacial score (nSPS) is 18.4. The minimum atomic E-state index is -4.75. The fraction of sp³-hybridized carbons (Fsp3) is 0.481. The molecule has 0 aliphatic carbocycles. The van der Waals surface area contributed by atoms with Crippen molar-refractivity contribution in [2.24, 2.45) is 0 Å². The number of thiazole rings is 1. The van der Waals surface area contributed by atoms with Crippen molar-refractivity contribution in [2.75, 3.05) is 63.1 Å². The summed E-state index contributed by atoms with van der Waals surface area (Å²) in [6.07, 6.45) is -2.73. The van der Waals surface area contributed by atoms with Crippen molar-refractivity contribution in [1.82, 2.24) is 24.8 Å². The maximum atomic E-state index is 15.6. The minimum absolute atomic E-state index is 0.0194. The number of aliphatic carboxylic acids is 1. The summed E-state index contributed by atoms with van der Waals surface area (Å²) in [5.74, 6) is -2.76. The van der Waals surface area contributed by atoms with Gasteiger partial charge in [0.2, 0.25) is 5.82 Å². The van der Waals surface area contributed by atoms with Gasteiger partial charge in [0, 0.05) is 69.9 Å². The van der Waals surface area contributed by atoms with E-state index in [-0.39, 0.29) is 40.5 Å². The average molecular weight is 628 g/mol. The molecule has 2 N–H and O–H groups in total. The first-order valence-electron chi connectivity index (χ1n) is 13.6. The Labute approximate surface area is 248 Å². The van der Waals surface area contributed by atoms with E-state index >= 15 is 4.39 Å². The van der Waals surface area contributed by atoms with Crippen molar-refractivity contribution >= 4 is 34.1 Å². The van der Waals surface area contributed by atoms with Gasteiger partial charge in [0.15, 0.2) is 16.8 Å². The first-order valence-corrected chi connectivity index (χ1v) is 14.4. The van der Waals surface area contributed by atoms with Crippen LogP contribution in [0.15, 0.2) is 24.5 Å². The summed E-state index contributed by atoms with van der Waals surface area (Å²) in [5.41, 5.74) is -1.02. The van der Waals surface area contributed by atoms with E-state index in [1.807, 2.05) is 4.90 Å². The Balaban J connectivity index is 1.40. The SMILES string of the molecule is CO[C@H]1CCN(Cc2sc(Nc3ncnc(N4CCN(CCC(=O)O)CC4)c3F)nc2-c2cc(F)cc(C(F)(F)F)c2)C1. The fourth-order valence-corrected chi connectivity index (χ4v) is 6.20. The number of alkyl halides is 3. The fourth-order valence-electron chi connectivity index (χ4n) is 5.17. The number of nitrogens with one attached hydrogen (secondary N) is 1. The summed E-state index contributed by atoms with van der Waals surface area (Å²) in [5, 5.41) is 11.9. The molecule has 0 amide bonds. The lowest BCUT2D eigenvalue weighted by molar-refractivity contribution is -0.138. The Morgan fingerprint density at radius 2 is 1.88 bits per heavy atom. The molecule has 1 atom stereocenters. The van der Waals surface area contributed by atoms with Crippen molar-refractivity contribution in [3.63, 3.8) is 0 Å². The number of likely N-dealkylation sites (tertiary alicyclic amines) is 1. The highest BCUT2D eigenvalue weighted by atomic mass is 32.1. The molecule has 2 saturated heterocycles. The number of ether oxygens (including phenoxy) is 1. The van der Waals surface area contributed by atoms with Gasteiger partial charge in [0.05, 0.1) is 23.8 Å². The van der Waals surface area contributed by atoms with E-state index in [0.717, 1.165) is 29.9 Å². The standard InChI is InChI=1S/C27H30F5N7O3S/c1-42-19-2-4-38(13-19)14-20-23(16-10-17(27(30,31)32)12-18(28)11-16)35-26(43-20)36-24-22(29)25(34-15-33-24)39-8-6-37(7-9-39)5-3-21(40)41/h10-12,15,19H,2-9,13-14H2,1H3,(H,40,41)(H,33,34,35,36)/t19-/m0/s1. The molecule has 43 heavy (non-hydrogen) atoms. The van der Waals surface area contributed by atoms with Gasteiger partial charge >= 0.3 is 12.1 Å². The van der Waals surface area contributed by atoms with Gasteiger partial charge in [-0.1, -0.05) is 11.3 Å². The van der Waals surface area contributed by atoms with Gasteiger partial charge in [0.25, 0.3) is 0 Å². The third kappa shape index (κ3) is 7.55. The lowest BCUT2D eigenvalue weighted by Crippen LogP contribution is -2.47. The number of piperazine rings is 1. The molecule has 2 fully saturated rings. The number of hydrogen-bond donors (Lipinski definition) is 2. The maximum Gasteiger partial charge on any atom is 0.416 e. The summed E-state index contributed by atoms with van der Waals surface area (Å²) in [6, 6.07) is 2.29. The number of nitrogens with zero attached hydrogens (tertiary/aromatic N) is 6. The summed E-state index contributed by atoms with van der Waals surface area (Å²) in [7, 11) is 1.61. The zero-order valence-corrected chi connectivity index (χ0v) is 24.0. The summed E-state index contributed by atoms with van der Waals surface area (Å²) in [4.78, 5) is 29.8. The molecule has 2 aliphatic rings. The van der Waals surface area contributed by atoms with Crippen molar-refractivity contribution in [3.05, 3.63) is 46.6 Å². The van der Waals surface area contributed by atoms with Crippen LogP contribution in [0.5, 0.6) is 0 Å². The summed E-state index contributed by atoms with van der Waals surface area (Å²) >= 11 is 1.12. The Kier molecular flexibility index (Phi) is 9.39. The molecule has 232 valence electrons. The predicted octanol–water partition coefficient (Wildman–Crippen LogP) is 4.46. The number of halogens is 5. The number of benzene rings is 1. The van der Waals surface area contributed by atoms with Crippen LogP contribution in [0.3, 0.4) is 0 Å². The molecule has 0 unspecified atom stereocenters. The molecule has 16 heteroatoms. The van der Waals surface area contributed by atoms with E-state index in [2.05, 4.69) is 25.2 Å². The highest BCUT2D eigenvalue weighted by Gasteiger charge is 2.32. The van der Waals surface area contributed by atoms with Crippen molar-refractivity contribution in [2.45, 2.75) is 31.7 Å². The van der Waals surface area contributed by atoms with E-state index in [1.54, 1.807) is 12.0 Å². The van der Waals surface area contributed by atoms with Crippen LogP contribution in [0.4, 0.5) is 38.7 Å². The van der Waals surface area contributed by atoms with Crippen molar-refractivity contribution in [1.29, 1.82) is 0 Å². The van der Waals surface area contributed by atoms with Crippen LogP contribution in [-0.2, 0) is 22.3 Å². The minimum Gasteiger partial charge on any atom is -0.481 e. The highest BCUT2D eigenvalue weighted by molar-refractivity contribution is 7.16. The smallest absolute Gasteiger partial charge is 0.416 e. The molecule has 0 bridgehead atoms. The Hall–Kier alpha value is -3.47. The van der Waals surface area contributed by atoms with Gasteiger partial charge in [-0.15, -0.1) is 0 Å². The van der Waals surface area contributed by atoms with Crippen LogP contribution in [0.1, 0.15) is 23.3 Å². The number of anilines is 3. The van der Waals surface area contributed by atoms with Gasteiger partial charge in [0.1, 0.15) is 12.1 Å².